The van der Waals surface area contributed by atoms with Gasteiger partial charge in [0.15, 0.2) is 0 Å². The number of aromatic nitrogens is 1. The number of carbonyl (C=O) groups excluding carboxylic acids is 1. The predicted molar refractivity (Wildman–Crippen MR) is 123 cm³/mol. The maximum Gasteiger partial charge on any atom is 0.356 e. The first-order valence-corrected chi connectivity index (χ1v) is 11.0. The average Bonchev–Trinajstić information content (AvgIpc) is 3.29. The Morgan fingerprint density at radius 2 is 1.85 bits per heavy atom. The zero-order chi connectivity index (χ0) is 23.4. The molecule has 0 bridgehead atoms. The minimum atomic E-state index is -0.635. The number of carbonyl (C=O) groups is 1. The van der Waals surface area contributed by atoms with Crippen LogP contribution in [0.25, 0.3) is 11.1 Å². The van der Waals surface area contributed by atoms with Gasteiger partial charge in [0.2, 0.25) is 0 Å². The molecule has 0 unspecified atom stereocenters. The summed E-state index contributed by atoms with van der Waals surface area (Å²) in [4.78, 5) is 16.7. The predicted octanol–water partition coefficient (Wildman–Crippen LogP) is 6.52. The van der Waals surface area contributed by atoms with Crippen LogP contribution in [0.15, 0.2) is 54.6 Å². The number of nitrogens with zero attached hydrogens (tertiary/aromatic N) is 1. The summed E-state index contributed by atoms with van der Waals surface area (Å²) in [6.07, 6.45) is 2.62. The Kier molecular flexibility index (Phi) is 6.82. The average molecular weight is 449 g/mol. The number of rotatable bonds is 7. The summed E-state index contributed by atoms with van der Waals surface area (Å²) < 4.78 is 38.4. The van der Waals surface area contributed by atoms with Crippen LogP contribution in [-0.4, -0.2) is 17.6 Å². The van der Waals surface area contributed by atoms with E-state index in [1.807, 2.05) is 37.3 Å². The van der Waals surface area contributed by atoms with Gasteiger partial charge in [-0.25, -0.2) is 18.6 Å². The molecule has 0 N–H and O–H groups in total. The van der Waals surface area contributed by atoms with Gasteiger partial charge in [0.25, 0.3) is 0 Å². The smallest absolute Gasteiger partial charge is 0.356 e. The summed E-state index contributed by atoms with van der Waals surface area (Å²) in [6.45, 7) is 4.04. The van der Waals surface area contributed by atoms with Gasteiger partial charge in [-0.05, 0) is 80.7 Å². The Hall–Kier alpha value is -3.54. The highest BCUT2D eigenvalue weighted by Gasteiger charge is 2.23. The number of halogens is 2. The van der Waals surface area contributed by atoms with Crippen molar-refractivity contribution in [2.24, 2.45) is 0 Å². The Morgan fingerprint density at radius 1 is 1.03 bits per heavy atom. The second-order valence-electron chi connectivity index (χ2n) is 7.96. The molecule has 1 heterocycles. The maximum atomic E-state index is 14.1. The third kappa shape index (κ3) is 5.11. The lowest BCUT2D eigenvalue weighted by atomic mass is 9.97. The molecular weight excluding hydrogens is 424 g/mol. The van der Waals surface area contributed by atoms with Crippen LogP contribution in [0.1, 0.15) is 59.1 Å². The van der Waals surface area contributed by atoms with E-state index in [0.717, 1.165) is 53.3 Å². The van der Waals surface area contributed by atoms with Crippen molar-refractivity contribution < 1.29 is 23.0 Å². The van der Waals surface area contributed by atoms with E-state index in [4.69, 9.17) is 9.47 Å². The fourth-order valence-corrected chi connectivity index (χ4v) is 4.04. The fourth-order valence-electron chi connectivity index (χ4n) is 4.04. The molecule has 6 heteroatoms. The molecule has 4 nitrogen and oxygen atoms in total. The third-order valence-electron chi connectivity index (χ3n) is 5.62. The number of hydrogen-bond acceptors (Lipinski definition) is 4. The van der Waals surface area contributed by atoms with Crippen LogP contribution < -0.4 is 4.74 Å². The second-order valence-corrected chi connectivity index (χ2v) is 7.96. The zero-order valence-corrected chi connectivity index (χ0v) is 18.7. The molecule has 33 heavy (non-hydrogen) atoms. The van der Waals surface area contributed by atoms with Gasteiger partial charge in [-0.1, -0.05) is 17.7 Å². The van der Waals surface area contributed by atoms with Crippen molar-refractivity contribution in [2.45, 2.75) is 39.7 Å². The van der Waals surface area contributed by atoms with Gasteiger partial charge in [-0.3, -0.25) is 0 Å². The van der Waals surface area contributed by atoms with Gasteiger partial charge in [-0.2, -0.15) is 0 Å². The molecule has 1 aromatic heterocycles. The van der Waals surface area contributed by atoms with Gasteiger partial charge in [-0.15, -0.1) is 0 Å². The van der Waals surface area contributed by atoms with Crippen molar-refractivity contribution in [3.05, 3.63) is 94.3 Å². The molecule has 0 fully saturated rings. The number of ether oxygens (including phenoxy) is 2. The number of esters is 1. The van der Waals surface area contributed by atoms with Crippen molar-refractivity contribution in [3.63, 3.8) is 0 Å². The van der Waals surface area contributed by atoms with Crippen molar-refractivity contribution in [1.29, 1.82) is 0 Å². The first-order valence-electron chi connectivity index (χ1n) is 11.0. The summed E-state index contributed by atoms with van der Waals surface area (Å²) in [6, 6.07) is 14.7. The van der Waals surface area contributed by atoms with Crippen molar-refractivity contribution in [2.75, 3.05) is 6.61 Å². The number of allylic oxidation sites excluding steroid dienone is 2. The molecule has 170 valence electrons. The normalized spacial score (nSPS) is 13.3. The molecule has 0 saturated heterocycles. The highest BCUT2D eigenvalue weighted by Crippen LogP contribution is 2.42. The Balaban J connectivity index is 1.69. The monoisotopic (exact) mass is 449 g/mol. The largest absolute Gasteiger partial charge is 0.488 e. The summed E-state index contributed by atoms with van der Waals surface area (Å²) in [5.74, 6) is -1.07. The highest BCUT2D eigenvalue weighted by molar-refractivity contribution is 5.94. The quantitative estimate of drug-likeness (QED) is 0.385. The van der Waals surface area contributed by atoms with Crippen LogP contribution in [0.4, 0.5) is 8.78 Å². The summed E-state index contributed by atoms with van der Waals surface area (Å²) >= 11 is 0. The molecule has 0 radical (unpaired) electrons. The summed E-state index contributed by atoms with van der Waals surface area (Å²) in [5, 5.41) is 0. The zero-order valence-electron chi connectivity index (χ0n) is 18.7. The lowest BCUT2D eigenvalue weighted by Crippen LogP contribution is -2.08. The Bertz CT molecular complexity index is 1220. The molecule has 1 aliphatic carbocycles. The van der Waals surface area contributed by atoms with Crippen LogP contribution in [0.5, 0.6) is 5.75 Å². The van der Waals surface area contributed by atoms with Gasteiger partial charge < -0.3 is 9.47 Å². The van der Waals surface area contributed by atoms with E-state index >= 15 is 0 Å². The van der Waals surface area contributed by atoms with Crippen molar-refractivity contribution >= 4 is 17.1 Å². The lowest BCUT2D eigenvalue weighted by molar-refractivity contribution is 0.0519. The lowest BCUT2D eigenvalue weighted by Gasteiger charge is -2.16. The van der Waals surface area contributed by atoms with E-state index in [9.17, 15) is 13.6 Å². The van der Waals surface area contributed by atoms with E-state index in [2.05, 4.69) is 4.98 Å². The third-order valence-corrected chi connectivity index (χ3v) is 5.62. The van der Waals surface area contributed by atoms with Crippen LogP contribution in [0, 0.1) is 18.6 Å². The number of hydrogen-bond donors (Lipinski definition) is 0. The van der Waals surface area contributed by atoms with Gasteiger partial charge in [0, 0.05) is 17.2 Å². The molecule has 0 saturated carbocycles. The van der Waals surface area contributed by atoms with Crippen LogP contribution >= 0.6 is 0 Å². The Morgan fingerprint density at radius 3 is 2.64 bits per heavy atom. The second kappa shape index (κ2) is 9.94. The van der Waals surface area contributed by atoms with E-state index in [1.165, 1.54) is 12.1 Å². The summed E-state index contributed by atoms with van der Waals surface area (Å²) in [7, 11) is 0. The van der Waals surface area contributed by atoms with Gasteiger partial charge in [0.1, 0.15) is 29.7 Å². The summed E-state index contributed by atoms with van der Waals surface area (Å²) in [5.41, 5.74) is 5.45. The number of aryl methyl sites for hydroxylation is 1. The molecule has 1 aliphatic rings. The standard InChI is InChI=1S/C27H25F2NO3/c1-3-32-27(31)25-9-5-8-24(30-25)21-7-4-6-20(21)22-14-17(2)10-13-26(22)33-16-18-11-12-19(28)15-23(18)29/h5,8-15H,3-4,6-7,16H2,1-2H3. The van der Waals surface area contributed by atoms with Gasteiger partial charge >= 0.3 is 5.97 Å². The first kappa shape index (κ1) is 22.6. The minimum absolute atomic E-state index is 0.0125. The molecule has 0 spiro atoms. The van der Waals surface area contributed by atoms with Crippen LogP contribution in [-0.2, 0) is 11.3 Å². The Labute approximate surface area is 191 Å². The topological polar surface area (TPSA) is 48.4 Å². The minimum Gasteiger partial charge on any atom is -0.488 e. The molecule has 4 rings (SSSR count). The SMILES string of the molecule is CCOC(=O)c1cccc(C2=C(c3cc(C)ccc3OCc3ccc(F)cc3F)CCC2)n1. The van der Waals surface area contributed by atoms with E-state index in [1.54, 1.807) is 13.0 Å². The molecule has 0 atom stereocenters. The molecule has 0 aliphatic heterocycles. The van der Waals surface area contributed by atoms with E-state index in [-0.39, 0.29) is 24.5 Å². The van der Waals surface area contributed by atoms with E-state index in [0.29, 0.717) is 5.75 Å². The van der Waals surface area contributed by atoms with Gasteiger partial charge in [0.05, 0.1) is 12.3 Å². The number of pyridine rings is 1. The van der Waals surface area contributed by atoms with E-state index < -0.39 is 17.6 Å². The first-order chi connectivity index (χ1) is 16.0. The van der Waals surface area contributed by atoms with Crippen molar-refractivity contribution in [3.8, 4) is 5.75 Å². The molecule has 2 aromatic carbocycles. The molecule has 0 amide bonds. The highest BCUT2D eigenvalue weighted by atomic mass is 19.1. The van der Waals surface area contributed by atoms with Crippen LogP contribution in [0.3, 0.4) is 0 Å². The fraction of sp³-hybridized carbons (Fsp3) is 0.259. The maximum absolute atomic E-state index is 14.1. The molecule has 3 aromatic rings. The molecular formula is C27H25F2NO3. The van der Waals surface area contributed by atoms with Crippen molar-refractivity contribution in [1.82, 2.24) is 4.98 Å². The number of benzene rings is 2. The van der Waals surface area contributed by atoms with Crippen LogP contribution in [0.2, 0.25) is 0 Å².